The van der Waals surface area contributed by atoms with Gasteiger partial charge in [0, 0.05) is 19.3 Å². The SMILES string of the molecule is CC/C=C/C/C=C/C/C=C/C/C=C/C/C=C/C/C=C/CCCCCC(=O)OCC(COCCC(C(=O)[O-])[N+](C)(C)C)OC(=O)CCCCCCCCCCCCCCCC/C=C/C/C=C/CC. The summed E-state index contributed by atoms with van der Waals surface area (Å²) in [6.07, 6.45) is 65.9. The summed E-state index contributed by atoms with van der Waals surface area (Å²) >= 11 is 0. The Kier molecular flexibility index (Phi) is 46.0. The van der Waals surface area contributed by atoms with Gasteiger partial charge in [0.05, 0.1) is 40.3 Å². The highest BCUT2D eigenvalue weighted by molar-refractivity contribution is 5.70. The van der Waals surface area contributed by atoms with Gasteiger partial charge in [0.15, 0.2) is 6.10 Å². The maximum Gasteiger partial charge on any atom is 0.306 e. The molecule has 0 fully saturated rings. The maximum atomic E-state index is 12.8. The molecule has 0 rings (SSSR count). The number of ether oxygens (including phenoxy) is 3. The molecule has 0 amide bonds. The number of carboxylic acid groups (broad SMARTS) is 1. The molecule has 0 saturated heterocycles. The van der Waals surface area contributed by atoms with E-state index in [0.29, 0.717) is 12.8 Å². The third kappa shape index (κ3) is 47.1. The molecule has 0 aliphatic heterocycles. The minimum absolute atomic E-state index is 0.0251. The Labute approximate surface area is 411 Å². The van der Waals surface area contributed by atoms with Crippen LogP contribution in [0.3, 0.4) is 0 Å². The number of nitrogens with zero attached hydrogens (tertiary/aromatic N) is 1. The van der Waals surface area contributed by atoms with Crippen molar-refractivity contribution in [3.8, 4) is 0 Å². The zero-order chi connectivity index (χ0) is 49.2. The van der Waals surface area contributed by atoms with E-state index < -0.39 is 18.1 Å². The molecule has 382 valence electrons. The number of carbonyl (C=O) groups is 3. The van der Waals surface area contributed by atoms with Gasteiger partial charge in [0.25, 0.3) is 0 Å². The Morgan fingerprint density at radius 2 is 0.791 bits per heavy atom. The van der Waals surface area contributed by atoms with Gasteiger partial charge >= 0.3 is 11.9 Å². The summed E-state index contributed by atoms with van der Waals surface area (Å²) in [5, 5.41) is 11.7. The van der Waals surface area contributed by atoms with Crippen LogP contribution in [-0.2, 0) is 28.6 Å². The topological polar surface area (TPSA) is 102 Å². The second-order valence-electron chi connectivity index (χ2n) is 18.7. The number of unbranched alkanes of at least 4 members (excludes halogenated alkanes) is 17. The molecule has 0 aromatic carbocycles. The summed E-state index contributed by atoms with van der Waals surface area (Å²) < 4.78 is 17.2. The summed E-state index contributed by atoms with van der Waals surface area (Å²) in [6, 6.07) is -0.737. The number of allylic oxidation sites excluding steroid dienone is 16. The van der Waals surface area contributed by atoms with E-state index >= 15 is 0 Å². The quantitative estimate of drug-likeness (QED) is 0.0259. The lowest BCUT2D eigenvalue weighted by atomic mass is 10.0. The second-order valence-corrected chi connectivity index (χ2v) is 18.7. The lowest BCUT2D eigenvalue weighted by molar-refractivity contribution is -0.889. The van der Waals surface area contributed by atoms with Crippen molar-refractivity contribution in [2.24, 2.45) is 0 Å². The average molecular weight is 934 g/mol. The van der Waals surface area contributed by atoms with Crippen molar-refractivity contribution in [1.82, 2.24) is 0 Å². The fourth-order valence-corrected chi connectivity index (χ4v) is 7.41. The van der Waals surface area contributed by atoms with E-state index in [0.717, 1.165) is 96.3 Å². The summed E-state index contributed by atoms with van der Waals surface area (Å²) in [5.41, 5.74) is 0. The van der Waals surface area contributed by atoms with Gasteiger partial charge in [-0.1, -0.05) is 195 Å². The Morgan fingerprint density at radius 1 is 0.448 bits per heavy atom. The molecule has 8 heteroatoms. The van der Waals surface area contributed by atoms with Crippen LogP contribution in [0.5, 0.6) is 0 Å². The molecule has 0 aromatic rings. The Balaban J connectivity index is 4.29. The number of aliphatic carboxylic acids is 1. The fourth-order valence-electron chi connectivity index (χ4n) is 7.41. The second kappa shape index (κ2) is 48.7. The van der Waals surface area contributed by atoms with Crippen molar-refractivity contribution < 1.29 is 38.2 Å². The van der Waals surface area contributed by atoms with Crippen molar-refractivity contribution in [3.05, 3.63) is 97.2 Å². The van der Waals surface area contributed by atoms with Crippen molar-refractivity contribution in [2.45, 2.75) is 219 Å². The Morgan fingerprint density at radius 3 is 1.18 bits per heavy atom. The molecule has 8 nitrogen and oxygen atoms in total. The molecule has 0 bridgehead atoms. The number of hydrogen-bond donors (Lipinski definition) is 0. The van der Waals surface area contributed by atoms with Crippen LogP contribution in [0.4, 0.5) is 0 Å². The third-order valence-corrected chi connectivity index (χ3v) is 11.5. The van der Waals surface area contributed by atoms with Crippen LogP contribution >= 0.6 is 0 Å². The largest absolute Gasteiger partial charge is 0.544 e. The van der Waals surface area contributed by atoms with Crippen LogP contribution in [0.1, 0.15) is 206 Å². The molecule has 67 heavy (non-hydrogen) atoms. The summed E-state index contributed by atoms with van der Waals surface area (Å²) in [7, 11) is 5.40. The highest BCUT2D eigenvalue weighted by Crippen LogP contribution is 2.15. The van der Waals surface area contributed by atoms with Gasteiger partial charge in [-0.15, -0.1) is 0 Å². The van der Waals surface area contributed by atoms with E-state index in [2.05, 4.69) is 111 Å². The Bertz CT molecular complexity index is 1410. The lowest BCUT2D eigenvalue weighted by Gasteiger charge is -2.34. The van der Waals surface area contributed by atoms with Crippen molar-refractivity contribution >= 4 is 17.9 Å². The van der Waals surface area contributed by atoms with Gasteiger partial charge in [-0.3, -0.25) is 9.59 Å². The van der Waals surface area contributed by atoms with Crippen LogP contribution in [0, 0.1) is 0 Å². The van der Waals surface area contributed by atoms with Crippen molar-refractivity contribution in [3.63, 3.8) is 0 Å². The normalized spacial score (nSPS) is 13.6. The van der Waals surface area contributed by atoms with E-state index in [-0.39, 0.29) is 42.7 Å². The van der Waals surface area contributed by atoms with E-state index in [9.17, 15) is 19.5 Å². The maximum absolute atomic E-state index is 12.8. The molecule has 0 aromatic heterocycles. The lowest BCUT2D eigenvalue weighted by Crippen LogP contribution is -2.55. The predicted molar refractivity (Wildman–Crippen MR) is 281 cm³/mol. The van der Waals surface area contributed by atoms with Crippen LogP contribution in [0.25, 0.3) is 0 Å². The Hall–Kier alpha value is -3.75. The van der Waals surface area contributed by atoms with Gasteiger partial charge in [-0.05, 0) is 89.9 Å². The van der Waals surface area contributed by atoms with Gasteiger partial charge in [0.1, 0.15) is 12.6 Å². The molecule has 0 radical (unpaired) electrons. The standard InChI is InChI=1S/C59H99NO7/c1-6-8-10-12-14-16-18-20-22-24-26-28-30-31-33-35-37-39-41-43-45-47-49-57(61)66-54-55(53-65-52-51-56(59(63)64)60(3,4)5)67-58(62)50-48-46-44-42-40-38-36-34-32-29-27-25-23-21-19-17-15-13-11-9-7-2/h8-11,14-17,20,22,26,28,31,33,37,39,55-56H,6-7,12-13,18-19,21,23-25,27,29-30,32,34-36,38,40-54H2,1-5H3/b10-8+,11-9+,16-14+,17-15+,22-20+,28-26+,33-31+,39-37+. The molecule has 0 saturated carbocycles. The number of likely N-dealkylation sites (N-methyl/N-ethyl adjacent to an activating group) is 1. The molecule has 0 N–H and O–H groups in total. The first kappa shape index (κ1) is 63.2. The number of esters is 2. The van der Waals surface area contributed by atoms with Gasteiger partial charge < -0.3 is 28.6 Å². The minimum Gasteiger partial charge on any atom is -0.544 e. The van der Waals surface area contributed by atoms with E-state index in [1.807, 2.05) is 0 Å². The van der Waals surface area contributed by atoms with Crippen molar-refractivity contribution in [2.75, 3.05) is 41.0 Å². The van der Waals surface area contributed by atoms with Gasteiger partial charge in [-0.2, -0.15) is 0 Å². The molecule has 0 spiro atoms. The molecule has 2 atom stereocenters. The summed E-state index contributed by atoms with van der Waals surface area (Å²) in [6.45, 7) is 4.42. The van der Waals surface area contributed by atoms with Gasteiger partial charge in [0.2, 0.25) is 0 Å². The third-order valence-electron chi connectivity index (χ3n) is 11.5. The number of carbonyl (C=O) groups excluding carboxylic acids is 3. The fraction of sp³-hybridized carbons (Fsp3) is 0.678. The van der Waals surface area contributed by atoms with Gasteiger partial charge in [-0.25, -0.2) is 0 Å². The smallest absolute Gasteiger partial charge is 0.306 e. The number of carboxylic acids is 1. The van der Waals surface area contributed by atoms with Crippen LogP contribution in [0.2, 0.25) is 0 Å². The highest BCUT2D eigenvalue weighted by atomic mass is 16.6. The number of quaternary nitrogens is 1. The minimum atomic E-state index is -1.13. The average Bonchev–Trinajstić information content (AvgIpc) is 3.29. The molecule has 0 aliphatic carbocycles. The number of rotatable bonds is 47. The predicted octanol–water partition coefficient (Wildman–Crippen LogP) is 14.5. The summed E-state index contributed by atoms with van der Waals surface area (Å²) in [4.78, 5) is 37.1. The molecule has 0 heterocycles. The van der Waals surface area contributed by atoms with Crippen molar-refractivity contribution in [1.29, 1.82) is 0 Å². The number of hydrogen-bond acceptors (Lipinski definition) is 7. The van der Waals surface area contributed by atoms with Crippen LogP contribution in [-0.4, -0.2) is 75.5 Å². The van der Waals surface area contributed by atoms with E-state index in [1.54, 1.807) is 21.1 Å². The van der Waals surface area contributed by atoms with E-state index in [4.69, 9.17) is 14.2 Å². The first-order valence-corrected chi connectivity index (χ1v) is 26.8. The molecule has 0 aliphatic rings. The zero-order valence-electron chi connectivity index (χ0n) is 43.5. The highest BCUT2D eigenvalue weighted by Gasteiger charge is 2.25. The van der Waals surface area contributed by atoms with Crippen LogP contribution < -0.4 is 5.11 Å². The molecular formula is C59H99NO7. The molecular weight excluding hydrogens is 835 g/mol. The zero-order valence-corrected chi connectivity index (χ0v) is 43.5. The van der Waals surface area contributed by atoms with E-state index in [1.165, 1.54) is 77.0 Å². The molecule has 2 unspecified atom stereocenters. The van der Waals surface area contributed by atoms with Crippen LogP contribution in [0.15, 0.2) is 97.2 Å². The first-order valence-electron chi connectivity index (χ1n) is 26.8. The first-order chi connectivity index (χ1) is 32.6. The summed E-state index contributed by atoms with van der Waals surface area (Å²) in [5.74, 6) is -1.78. The monoisotopic (exact) mass is 934 g/mol.